The van der Waals surface area contributed by atoms with Crippen LogP contribution in [0, 0.1) is 0 Å². The van der Waals surface area contributed by atoms with Crippen molar-refractivity contribution in [1.29, 1.82) is 0 Å². The second-order valence-electron chi connectivity index (χ2n) is 5.09. The maximum atomic E-state index is 11.9. The molecule has 2 aromatic carbocycles. The number of nitrogens with one attached hydrogen (secondary N) is 1. The number of carbonyl (C=O) groups is 1. The summed E-state index contributed by atoms with van der Waals surface area (Å²) in [6.45, 7) is 1.46. The first-order chi connectivity index (χ1) is 11.6. The first-order valence-corrected chi connectivity index (χ1v) is 8.01. The van der Waals surface area contributed by atoms with E-state index < -0.39 is 0 Å². The number of carbonyl (C=O) groups excluding carboxylic acids is 1. The molecular weight excluding hydrogens is 372 g/mol. The molecule has 0 saturated carbocycles. The van der Waals surface area contributed by atoms with Crippen LogP contribution in [0.1, 0.15) is 17.5 Å². The minimum absolute atomic E-state index is 0.174. The molecular formula is C17H15BrN4O2. The fraction of sp³-hybridized carbons (Fsp3) is 0.118. The summed E-state index contributed by atoms with van der Waals surface area (Å²) in [5.41, 5.74) is 4.81. The Hall–Kier alpha value is -2.67. The number of rotatable bonds is 5. The lowest BCUT2D eigenvalue weighted by Crippen LogP contribution is -2.16. The largest absolute Gasteiger partial charge is 0.497 e. The second-order valence-corrected chi connectivity index (χ2v) is 6.00. The summed E-state index contributed by atoms with van der Waals surface area (Å²) < 4.78 is 7.73. The van der Waals surface area contributed by atoms with E-state index in [9.17, 15) is 4.79 Å². The lowest BCUT2D eigenvalue weighted by molar-refractivity contribution is 0.100. The van der Waals surface area contributed by atoms with Gasteiger partial charge in [0.25, 0.3) is 0 Å². The monoisotopic (exact) mass is 386 g/mol. The number of methoxy groups -OCH3 is 1. The van der Waals surface area contributed by atoms with Gasteiger partial charge in [-0.1, -0.05) is 15.9 Å². The lowest BCUT2D eigenvalue weighted by atomic mass is 10.2. The van der Waals surface area contributed by atoms with Gasteiger partial charge in [-0.15, -0.1) is 10.2 Å². The van der Waals surface area contributed by atoms with Crippen LogP contribution < -0.4 is 10.2 Å². The summed E-state index contributed by atoms with van der Waals surface area (Å²) in [5, 5.41) is 8.17. The van der Waals surface area contributed by atoms with Crippen LogP contribution >= 0.6 is 15.9 Å². The van der Waals surface area contributed by atoms with E-state index in [1.807, 2.05) is 48.5 Å². The van der Waals surface area contributed by atoms with E-state index in [0.717, 1.165) is 21.5 Å². The Bertz CT molecular complexity index is 857. The van der Waals surface area contributed by atoms with E-state index in [2.05, 4.69) is 31.6 Å². The molecule has 0 aliphatic heterocycles. The minimum Gasteiger partial charge on any atom is -0.497 e. The van der Waals surface area contributed by atoms with Crippen LogP contribution in [-0.4, -0.2) is 27.8 Å². The molecule has 0 spiro atoms. The third kappa shape index (κ3) is 3.30. The summed E-state index contributed by atoms with van der Waals surface area (Å²) in [7, 11) is 1.61. The number of halogens is 1. The van der Waals surface area contributed by atoms with Crippen LogP contribution in [0.2, 0.25) is 0 Å². The Balaban J connectivity index is 2.03. The lowest BCUT2D eigenvalue weighted by Gasteiger charge is -2.12. The van der Waals surface area contributed by atoms with Gasteiger partial charge in [0.15, 0.2) is 11.6 Å². The standard InChI is InChI=1S/C17H15BrN4O2/c1-11(23)16-19-20-17(12-3-9-15(24-2)10-4-12)22(16)21-14-7-5-13(18)6-8-14/h3-10,21H,1-2H3. The first kappa shape index (κ1) is 16.2. The van der Waals surface area contributed by atoms with E-state index >= 15 is 0 Å². The normalized spacial score (nSPS) is 10.5. The smallest absolute Gasteiger partial charge is 0.219 e. The number of hydrogen-bond acceptors (Lipinski definition) is 5. The maximum absolute atomic E-state index is 11.9. The van der Waals surface area contributed by atoms with Gasteiger partial charge in [-0.2, -0.15) is 0 Å². The average molecular weight is 387 g/mol. The quantitative estimate of drug-likeness (QED) is 0.675. The van der Waals surface area contributed by atoms with Gasteiger partial charge in [0.2, 0.25) is 5.82 Å². The fourth-order valence-electron chi connectivity index (χ4n) is 2.20. The van der Waals surface area contributed by atoms with Gasteiger partial charge in [-0.25, -0.2) is 4.68 Å². The number of aromatic nitrogens is 3. The van der Waals surface area contributed by atoms with Gasteiger partial charge in [0.05, 0.1) is 12.8 Å². The highest BCUT2D eigenvalue weighted by molar-refractivity contribution is 9.10. The van der Waals surface area contributed by atoms with Crippen molar-refractivity contribution in [1.82, 2.24) is 14.9 Å². The highest BCUT2D eigenvalue weighted by atomic mass is 79.9. The molecule has 0 amide bonds. The minimum atomic E-state index is -0.174. The van der Waals surface area contributed by atoms with Gasteiger partial charge < -0.3 is 4.74 Å². The molecule has 1 aromatic heterocycles. The van der Waals surface area contributed by atoms with Crippen LogP contribution in [0.3, 0.4) is 0 Å². The van der Waals surface area contributed by atoms with Gasteiger partial charge in [-0.05, 0) is 48.5 Å². The molecule has 122 valence electrons. The molecule has 0 fully saturated rings. The summed E-state index contributed by atoms with van der Waals surface area (Å²) in [6, 6.07) is 15.0. The maximum Gasteiger partial charge on any atom is 0.219 e. The highest BCUT2D eigenvalue weighted by Gasteiger charge is 2.17. The number of Topliss-reactive ketones (excluding diaryl/α,β-unsaturated/α-hetero) is 1. The van der Waals surface area contributed by atoms with E-state index in [1.54, 1.807) is 11.8 Å². The molecule has 6 nitrogen and oxygen atoms in total. The second kappa shape index (κ2) is 6.84. The summed E-state index contributed by atoms with van der Waals surface area (Å²) in [5.74, 6) is 1.36. The van der Waals surface area contributed by atoms with Crippen molar-refractivity contribution in [3.05, 3.63) is 58.8 Å². The molecule has 1 heterocycles. The van der Waals surface area contributed by atoms with E-state index in [0.29, 0.717) is 5.82 Å². The Kier molecular flexibility index (Phi) is 4.61. The van der Waals surface area contributed by atoms with Crippen molar-refractivity contribution in [3.8, 4) is 17.1 Å². The van der Waals surface area contributed by atoms with E-state index in [1.165, 1.54) is 6.92 Å². The number of benzene rings is 2. The SMILES string of the molecule is COc1ccc(-c2nnc(C(C)=O)n2Nc2ccc(Br)cc2)cc1. The topological polar surface area (TPSA) is 69.0 Å². The fourth-order valence-corrected chi connectivity index (χ4v) is 2.46. The zero-order chi connectivity index (χ0) is 17.1. The number of ether oxygens (including phenoxy) is 1. The van der Waals surface area contributed by atoms with Crippen molar-refractivity contribution in [3.63, 3.8) is 0 Å². The molecule has 0 unspecified atom stereocenters. The molecule has 24 heavy (non-hydrogen) atoms. The van der Waals surface area contributed by atoms with Crippen molar-refractivity contribution in [2.45, 2.75) is 6.92 Å². The third-order valence-corrected chi connectivity index (χ3v) is 3.94. The molecule has 0 aliphatic carbocycles. The number of ketones is 1. The molecule has 3 rings (SSSR count). The zero-order valence-corrected chi connectivity index (χ0v) is 14.7. The number of nitrogens with zero attached hydrogens (tertiary/aromatic N) is 3. The Morgan fingerprint density at radius 1 is 1.08 bits per heavy atom. The van der Waals surface area contributed by atoms with Crippen LogP contribution in [0.4, 0.5) is 5.69 Å². The van der Waals surface area contributed by atoms with Gasteiger partial charge in [-0.3, -0.25) is 10.2 Å². The predicted molar refractivity (Wildman–Crippen MR) is 95.2 cm³/mol. The van der Waals surface area contributed by atoms with Crippen molar-refractivity contribution in [2.24, 2.45) is 0 Å². The van der Waals surface area contributed by atoms with Crippen LogP contribution in [0.5, 0.6) is 5.75 Å². The number of hydrogen-bond donors (Lipinski definition) is 1. The molecule has 1 N–H and O–H groups in total. The van der Waals surface area contributed by atoms with Crippen LogP contribution in [0.15, 0.2) is 53.0 Å². The predicted octanol–water partition coefficient (Wildman–Crippen LogP) is 3.79. The van der Waals surface area contributed by atoms with Crippen LogP contribution in [0.25, 0.3) is 11.4 Å². The Labute approximate surface area is 147 Å². The van der Waals surface area contributed by atoms with Crippen LogP contribution in [-0.2, 0) is 0 Å². The van der Waals surface area contributed by atoms with Gasteiger partial charge in [0, 0.05) is 17.0 Å². The van der Waals surface area contributed by atoms with E-state index in [4.69, 9.17) is 4.74 Å². The third-order valence-electron chi connectivity index (χ3n) is 3.41. The van der Waals surface area contributed by atoms with Gasteiger partial charge in [0.1, 0.15) is 5.75 Å². The molecule has 0 aliphatic rings. The average Bonchev–Trinajstić information content (AvgIpc) is 3.01. The summed E-state index contributed by atoms with van der Waals surface area (Å²) in [4.78, 5) is 11.9. The van der Waals surface area contributed by atoms with Gasteiger partial charge >= 0.3 is 0 Å². The molecule has 0 saturated heterocycles. The molecule has 3 aromatic rings. The Morgan fingerprint density at radius 3 is 2.33 bits per heavy atom. The molecule has 0 atom stereocenters. The molecule has 0 radical (unpaired) electrons. The Morgan fingerprint density at radius 2 is 1.75 bits per heavy atom. The van der Waals surface area contributed by atoms with Crippen molar-refractivity contribution >= 4 is 27.4 Å². The highest BCUT2D eigenvalue weighted by Crippen LogP contribution is 2.23. The summed E-state index contributed by atoms with van der Waals surface area (Å²) in [6.07, 6.45) is 0. The summed E-state index contributed by atoms with van der Waals surface area (Å²) >= 11 is 3.40. The zero-order valence-electron chi connectivity index (χ0n) is 13.2. The van der Waals surface area contributed by atoms with Crippen molar-refractivity contribution in [2.75, 3.05) is 12.5 Å². The first-order valence-electron chi connectivity index (χ1n) is 7.22. The molecule has 7 heteroatoms. The van der Waals surface area contributed by atoms with E-state index in [-0.39, 0.29) is 11.6 Å². The molecule has 0 bridgehead atoms. The van der Waals surface area contributed by atoms with Crippen molar-refractivity contribution < 1.29 is 9.53 Å². The number of anilines is 1.